The van der Waals surface area contributed by atoms with Gasteiger partial charge < -0.3 is 14.8 Å². The van der Waals surface area contributed by atoms with Gasteiger partial charge in [0.2, 0.25) is 11.8 Å². The number of aromatic nitrogens is 2. The lowest BCUT2D eigenvalue weighted by Crippen LogP contribution is -2.41. The van der Waals surface area contributed by atoms with Crippen molar-refractivity contribution in [2.24, 2.45) is 11.8 Å². The first-order valence-corrected chi connectivity index (χ1v) is 10.0. The van der Waals surface area contributed by atoms with E-state index in [1.165, 1.54) is 0 Å². The highest BCUT2D eigenvalue weighted by atomic mass is 16.2. The summed E-state index contributed by atoms with van der Waals surface area (Å²) >= 11 is 0. The average molecular weight is 370 g/mol. The van der Waals surface area contributed by atoms with E-state index in [4.69, 9.17) is 0 Å². The maximum absolute atomic E-state index is 12.4. The molecule has 2 aromatic rings. The van der Waals surface area contributed by atoms with Crippen LogP contribution in [0.4, 0.5) is 5.69 Å². The Morgan fingerprint density at radius 3 is 2.67 bits per heavy atom. The van der Waals surface area contributed by atoms with Crippen LogP contribution in [0.5, 0.6) is 0 Å². The van der Waals surface area contributed by atoms with E-state index < -0.39 is 0 Å². The van der Waals surface area contributed by atoms with Gasteiger partial charge in [-0.1, -0.05) is 20.8 Å². The highest BCUT2D eigenvalue weighted by Crippen LogP contribution is 2.23. The van der Waals surface area contributed by atoms with Gasteiger partial charge in [-0.25, -0.2) is 4.98 Å². The summed E-state index contributed by atoms with van der Waals surface area (Å²) in [4.78, 5) is 30.9. The summed E-state index contributed by atoms with van der Waals surface area (Å²) in [5, 5.41) is 3.01. The Bertz CT molecular complexity index is 804. The molecule has 1 saturated heterocycles. The summed E-state index contributed by atoms with van der Waals surface area (Å²) < 4.78 is 2.13. The molecule has 0 unspecified atom stereocenters. The molecule has 2 heterocycles. The van der Waals surface area contributed by atoms with Crippen LogP contribution in [0.3, 0.4) is 0 Å². The third-order valence-corrected chi connectivity index (χ3v) is 5.26. The summed E-state index contributed by atoms with van der Waals surface area (Å²) in [6, 6.07) is 5.89. The van der Waals surface area contributed by atoms with E-state index in [0.29, 0.717) is 12.3 Å². The molecule has 6 heteroatoms. The minimum absolute atomic E-state index is 0.0379. The van der Waals surface area contributed by atoms with Gasteiger partial charge in [-0.3, -0.25) is 9.59 Å². The second-order valence-corrected chi connectivity index (χ2v) is 7.82. The zero-order valence-electron chi connectivity index (χ0n) is 16.6. The minimum atomic E-state index is 0.0379. The van der Waals surface area contributed by atoms with E-state index in [0.717, 1.165) is 55.6 Å². The number of nitrogens with one attached hydrogen (secondary N) is 1. The fourth-order valence-electron chi connectivity index (χ4n) is 3.76. The Balaban J connectivity index is 1.52. The van der Waals surface area contributed by atoms with Crippen molar-refractivity contribution in [2.45, 2.75) is 53.0 Å². The predicted molar refractivity (Wildman–Crippen MR) is 107 cm³/mol. The number of anilines is 1. The number of imidazole rings is 1. The first kappa shape index (κ1) is 19.4. The molecule has 1 aliphatic rings. The SMILES string of the molecule is CCCn1cnc2cc(NC(=O)CC3CCN(C(=O)C(C)C)CC3)ccc21. The van der Waals surface area contributed by atoms with Crippen molar-refractivity contribution in [3.05, 3.63) is 24.5 Å². The number of likely N-dealkylation sites (tertiary alicyclic amines) is 1. The van der Waals surface area contributed by atoms with Crippen molar-refractivity contribution in [1.29, 1.82) is 0 Å². The van der Waals surface area contributed by atoms with Gasteiger partial charge in [0.1, 0.15) is 0 Å². The summed E-state index contributed by atoms with van der Waals surface area (Å²) in [6.07, 6.45) is 5.21. The number of rotatable bonds is 6. The number of carbonyl (C=O) groups is 2. The van der Waals surface area contributed by atoms with Gasteiger partial charge in [-0.05, 0) is 43.4 Å². The Hall–Kier alpha value is -2.37. The van der Waals surface area contributed by atoms with Crippen molar-refractivity contribution in [2.75, 3.05) is 18.4 Å². The van der Waals surface area contributed by atoms with Crippen molar-refractivity contribution in [1.82, 2.24) is 14.5 Å². The lowest BCUT2D eigenvalue weighted by molar-refractivity contribution is -0.135. The molecular weight excluding hydrogens is 340 g/mol. The lowest BCUT2D eigenvalue weighted by Gasteiger charge is -2.32. The van der Waals surface area contributed by atoms with E-state index in [1.54, 1.807) is 0 Å². The maximum atomic E-state index is 12.4. The van der Waals surface area contributed by atoms with Crippen LogP contribution in [0.2, 0.25) is 0 Å². The van der Waals surface area contributed by atoms with Crippen LogP contribution in [0, 0.1) is 11.8 Å². The second kappa shape index (κ2) is 8.55. The molecular formula is C21H30N4O2. The normalized spacial score (nSPS) is 15.5. The highest BCUT2D eigenvalue weighted by Gasteiger charge is 2.25. The topological polar surface area (TPSA) is 67.2 Å². The van der Waals surface area contributed by atoms with Gasteiger partial charge in [0, 0.05) is 37.7 Å². The number of fused-ring (bicyclic) bond motifs is 1. The highest BCUT2D eigenvalue weighted by molar-refractivity contribution is 5.93. The van der Waals surface area contributed by atoms with E-state index in [-0.39, 0.29) is 17.7 Å². The molecule has 1 aliphatic heterocycles. The first-order valence-electron chi connectivity index (χ1n) is 10.0. The molecule has 1 aromatic heterocycles. The molecule has 1 aromatic carbocycles. The number of amides is 2. The smallest absolute Gasteiger partial charge is 0.225 e. The molecule has 0 radical (unpaired) electrons. The molecule has 0 bridgehead atoms. The van der Waals surface area contributed by atoms with Crippen molar-refractivity contribution >= 4 is 28.5 Å². The van der Waals surface area contributed by atoms with E-state index in [9.17, 15) is 9.59 Å². The number of piperidine rings is 1. The summed E-state index contributed by atoms with van der Waals surface area (Å²) in [6.45, 7) is 8.48. The van der Waals surface area contributed by atoms with E-state index >= 15 is 0 Å². The van der Waals surface area contributed by atoms with Crippen LogP contribution in [0.25, 0.3) is 11.0 Å². The number of benzene rings is 1. The van der Waals surface area contributed by atoms with Crippen molar-refractivity contribution < 1.29 is 9.59 Å². The quantitative estimate of drug-likeness (QED) is 0.844. The van der Waals surface area contributed by atoms with Gasteiger partial charge >= 0.3 is 0 Å². The molecule has 6 nitrogen and oxygen atoms in total. The van der Waals surface area contributed by atoms with E-state index in [1.807, 2.05) is 43.3 Å². The molecule has 27 heavy (non-hydrogen) atoms. The molecule has 146 valence electrons. The molecule has 1 fully saturated rings. The van der Waals surface area contributed by atoms with Gasteiger partial charge in [0.15, 0.2) is 0 Å². The molecule has 0 aliphatic carbocycles. The Kier molecular flexibility index (Phi) is 6.14. The predicted octanol–water partition coefficient (Wildman–Crippen LogP) is 3.67. The van der Waals surface area contributed by atoms with Gasteiger partial charge in [0.05, 0.1) is 17.4 Å². The van der Waals surface area contributed by atoms with Crippen LogP contribution in [-0.4, -0.2) is 39.4 Å². The molecule has 0 spiro atoms. The van der Waals surface area contributed by atoms with Crippen molar-refractivity contribution in [3.63, 3.8) is 0 Å². The Morgan fingerprint density at radius 1 is 1.26 bits per heavy atom. The van der Waals surface area contributed by atoms with Crippen LogP contribution >= 0.6 is 0 Å². The summed E-state index contributed by atoms with van der Waals surface area (Å²) in [7, 11) is 0. The zero-order valence-corrected chi connectivity index (χ0v) is 16.6. The van der Waals surface area contributed by atoms with Gasteiger partial charge in [0.25, 0.3) is 0 Å². The van der Waals surface area contributed by atoms with Crippen LogP contribution in [-0.2, 0) is 16.1 Å². The van der Waals surface area contributed by atoms with Crippen LogP contribution in [0.1, 0.15) is 46.5 Å². The van der Waals surface area contributed by atoms with Gasteiger partial charge in [-0.15, -0.1) is 0 Å². The summed E-state index contributed by atoms with van der Waals surface area (Å²) in [5.41, 5.74) is 2.79. The van der Waals surface area contributed by atoms with E-state index in [2.05, 4.69) is 21.8 Å². The number of hydrogen-bond donors (Lipinski definition) is 1. The number of hydrogen-bond acceptors (Lipinski definition) is 3. The second-order valence-electron chi connectivity index (χ2n) is 7.82. The monoisotopic (exact) mass is 370 g/mol. The standard InChI is InChI=1S/C21H30N4O2/c1-4-9-25-14-22-18-13-17(5-6-19(18)25)23-20(26)12-16-7-10-24(11-8-16)21(27)15(2)3/h5-6,13-16H,4,7-12H2,1-3H3,(H,23,26). The Labute approximate surface area is 160 Å². The van der Waals surface area contributed by atoms with Crippen LogP contribution < -0.4 is 5.32 Å². The number of aryl methyl sites for hydroxylation is 1. The van der Waals surface area contributed by atoms with Crippen molar-refractivity contribution in [3.8, 4) is 0 Å². The lowest BCUT2D eigenvalue weighted by atomic mass is 9.92. The molecule has 0 saturated carbocycles. The number of carbonyl (C=O) groups excluding carboxylic acids is 2. The zero-order chi connectivity index (χ0) is 19.4. The Morgan fingerprint density at radius 2 is 2.00 bits per heavy atom. The fraction of sp³-hybridized carbons (Fsp3) is 0.571. The number of nitrogens with zero attached hydrogens (tertiary/aromatic N) is 3. The summed E-state index contributed by atoms with van der Waals surface area (Å²) in [5.74, 6) is 0.638. The first-order chi connectivity index (χ1) is 13.0. The molecule has 2 amide bonds. The minimum Gasteiger partial charge on any atom is -0.342 e. The third kappa shape index (κ3) is 4.67. The average Bonchev–Trinajstić information content (AvgIpc) is 3.04. The molecule has 1 N–H and O–H groups in total. The molecule has 3 rings (SSSR count). The van der Waals surface area contributed by atoms with Crippen LogP contribution in [0.15, 0.2) is 24.5 Å². The molecule has 0 atom stereocenters. The maximum Gasteiger partial charge on any atom is 0.225 e. The largest absolute Gasteiger partial charge is 0.342 e. The van der Waals surface area contributed by atoms with Gasteiger partial charge in [-0.2, -0.15) is 0 Å². The fourth-order valence-corrected chi connectivity index (χ4v) is 3.76. The third-order valence-electron chi connectivity index (χ3n) is 5.26.